The lowest BCUT2D eigenvalue weighted by Crippen LogP contribution is -2.10. The summed E-state index contributed by atoms with van der Waals surface area (Å²) in [6.07, 6.45) is 2.42. The van der Waals surface area contributed by atoms with Gasteiger partial charge in [-0.1, -0.05) is 13.3 Å². The quantitative estimate of drug-likeness (QED) is 0.753. The zero-order chi connectivity index (χ0) is 12.0. The molecule has 90 valence electrons. The zero-order valence-corrected chi connectivity index (χ0v) is 10.6. The van der Waals surface area contributed by atoms with Crippen molar-refractivity contribution >= 4 is 5.95 Å². The third kappa shape index (κ3) is 4.47. The summed E-state index contributed by atoms with van der Waals surface area (Å²) < 4.78 is 5.55. The zero-order valence-electron chi connectivity index (χ0n) is 10.6. The molecule has 0 aliphatic heterocycles. The van der Waals surface area contributed by atoms with Crippen molar-refractivity contribution in [2.24, 2.45) is 0 Å². The van der Waals surface area contributed by atoms with Crippen molar-refractivity contribution in [3.63, 3.8) is 0 Å². The predicted molar refractivity (Wildman–Crippen MR) is 65.9 cm³/mol. The maximum absolute atomic E-state index is 5.55. The average Bonchev–Trinajstić information content (AvgIpc) is 2.16. The van der Waals surface area contributed by atoms with E-state index in [1.807, 2.05) is 26.8 Å². The van der Waals surface area contributed by atoms with Gasteiger partial charge in [0.2, 0.25) is 11.8 Å². The van der Waals surface area contributed by atoms with Crippen LogP contribution in [-0.4, -0.2) is 22.6 Å². The number of hydrogen-bond donors (Lipinski definition) is 1. The number of unbranched alkanes of at least 4 members (excludes halogenated alkanes) is 1. The first kappa shape index (κ1) is 12.7. The molecule has 0 fully saturated rings. The first-order valence-corrected chi connectivity index (χ1v) is 5.88. The second-order valence-electron chi connectivity index (χ2n) is 4.12. The topological polar surface area (TPSA) is 47.0 Å². The first-order valence-electron chi connectivity index (χ1n) is 5.88. The molecular weight excluding hydrogens is 202 g/mol. The minimum atomic E-state index is 0.137. The molecule has 0 aliphatic rings. The molecule has 1 aromatic heterocycles. The fraction of sp³-hybridized carbons (Fsp3) is 0.667. The van der Waals surface area contributed by atoms with Gasteiger partial charge in [0.15, 0.2) is 0 Å². The van der Waals surface area contributed by atoms with Gasteiger partial charge in [0.1, 0.15) is 0 Å². The van der Waals surface area contributed by atoms with E-state index in [9.17, 15) is 0 Å². The summed E-state index contributed by atoms with van der Waals surface area (Å²) in [7, 11) is 0. The van der Waals surface area contributed by atoms with Crippen molar-refractivity contribution in [1.29, 1.82) is 0 Å². The summed E-state index contributed by atoms with van der Waals surface area (Å²) in [5, 5.41) is 3.20. The second kappa shape index (κ2) is 6.30. The van der Waals surface area contributed by atoms with Gasteiger partial charge in [0, 0.05) is 18.3 Å². The van der Waals surface area contributed by atoms with Crippen LogP contribution >= 0.6 is 0 Å². The van der Waals surface area contributed by atoms with Crippen molar-refractivity contribution in [1.82, 2.24) is 9.97 Å². The lowest BCUT2D eigenvalue weighted by atomic mass is 10.3. The summed E-state index contributed by atoms with van der Waals surface area (Å²) in [4.78, 5) is 8.61. The SMILES string of the molecule is CCCCNc1nc(C)cc(OC(C)C)n1. The van der Waals surface area contributed by atoms with Gasteiger partial charge in [-0.2, -0.15) is 4.98 Å². The van der Waals surface area contributed by atoms with E-state index in [1.165, 1.54) is 0 Å². The van der Waals surface area contributed by atoms with Crippen molar-refractivity contribution in [2.75, 3.05) is 11.9 Å². The summed E-state index contributed by atoms with van der Waals surface area (Å²) >= 11 is 0. The van der Waals surface area contributed by atoms with Crippen LogP contribution in [0.2, 0.25) is 0 Å². The first-order chi connectivity index (χ1) is 7.61. The molecule has 4 heteroatoms. The Morgan fingerprint density at radius 1 is 1.38 bits per heavy atom. The Labute approximate surface area is 97.5 Å². The molecule has 0 bridgehead atoms. The molecule has 0 unspecified atom stereocenters. The van der Waals surface area contributed by atoms with Crippen LogP contribution in [0.1, 0.15) is 39.3 Å². The van der Waals surface area contributed by atoms with Gasteiger partial charge in [-0.15, -0.1) is 0 Å². The number of nitrogens with one attached hydrogen (secondary N) is 1. The van der Waals surface area contributed by atoms with E-state index in [0.29, 0.717) is 11.8 Å². The average molecular weight is 223 g/mol. The lowest BCUT2D eigenvalue weighted by Gasteiger charge is -2.11. The fourth-order valence-electron chi connectivity index (χ4n) is 1.30. The number of anilines is 1. The molecule has 4 nitrogen and oxygen atoms in total. The van der Waals surface area contributed by atoms with E-state index in [2.05, 4.69) is 22.2 Å². The van der Waals surface area contributed by atoms with Crippen LogP contribution in [0.4, 0.5) is 5.95 Å². The summed E-state index contributed by atoms with van der Waals surface area (Å²) in [6, 6.07) is 1.85. The molecule has 1 aromatic rings. The summed E-state index contributed by atoms with van der Waals surface area (Å²) in [6.45, 7) is 8.98. The van der Waals surface area contributed by atoms with Gasteiger partial charge < -0.3 is 10.1 Å². The van der Waals surface area contributed by atoms with Gasteiger partial charge in [-0.05, 0) is 27.2 Å². The molecule has 0 radical (unpaired) electrons. The molecule has 1 rings (SSSR count). The summed E-state index contributed by atoms with van der Waals surface area (Å²) in [5.74, 6) is 1.30. The molecule has 0 aliphatic carbocycles. The fourth-order valence-corrected chi connectivity index (χ4v) is 1.30. The Morgan fingerprint density at radius 3 is 2.75 bits per heavy atom. The third-order valence-corrected chi connectivity index (χ3v) is 2.00. The Hall–Kier alpha value is -1.32. The normalized spacial score (nSPS) is 10.6. The van der Waals surface area contributed by atoms with Gasteiger partial charge in [-0.25, -0.2) is 4.98 Å². The number of aromatic nitrogens is 2. The Morgan fingerprint density at radius 2 is 2.12 bits per heavy atom. The predicted octanol–water partition coefficient (Wildman–Crippen LogP) is 2.78. The molecule has 0 saturated heterocycles. The van der Waals surface area contributed by atoms with Crippen molar-refractivity contribution in [3.05, 3.63) is 11.8 Å². The van der Waals surface area contributed by atoms with Crippen LogP contribution in [0.15, 0.2) is 6.07 Å². The highest BCUT2D eigenvalue weighted by molar-refractivity contribution is 5.30. The molecule has 0 saturated carbocycles. The van der Waals surface area contributed by atoms with E-state index in [1.54, 1.807) is 0 Å². The smallest absolute Gasteiger partial charge is 0.226 e. The van der Waals surface area contributed by atoms with Crippen molar-refractivity contribution in [2.45, 2.75) is 46.6 Å². The lowest BCUT2D eigenvalue weighted by molar-refractivity contribution is 0.232. The van der Waals surface area contributed by atoms with Crippen LogP contribution in [0, 0.1) is 6.92 Å². The molecule has 1 heterocycles. The van der Waals surface area contributed by atoms with Crippen molar-refractivity contribution < 1.29 is 4.74 Å². The van der Waals surface area contributed by atoms with Gasteiger partial charge in [0.05, 0.1) is 6.10 Å². The summed E-state index contributed by atoms with van der Waals surface area (Å²) in [5.41, 5.74) is 0.921. The molecule has 0 atom stereocenters. The number of nitrogens with zero attached hydrogens (tertiary/aromatic N) is 2. The van der Waals surface area contributed by atoms with Crippen molar-refractivity contribution in [3.8, 4) is 5.88 Å². The number of rotatable bonds is 6. The van der Waals surface area contributed by atoms with Crippen LogP contribution in [0.25, 0.3) is 0 Å². The largest absolute Gasteiger partial charge is 0.475 e. The highest BCUT2D eigenvalue weighted by Crippen LogP contribution is 2.13. The van der Waals surface area contributed by atoms with Crippen LogP contribution in [-0.2, 0) is 0 Å². The molecule has 1 N–H and O–H groups in total. The monoisotopic (exact) mass is 223 g/mol. The molecule has 16 heavy (non-hydrogen) atoms. The molecular formula is C12H21N3O. The van der Waals surface area contributed by atoms with E-state index in [0.717, 1.165) is 25.1 Å². The van der Waals surface area contributed by atoms with Gasteiger partial charge >= 0.3 is 0 Å². The van der Waals surface area contributed by atoms with E-state index >= 15 is 0 Å². The standard InChI is InChI=1S/C12H21N3O/c1-5-6-7-13-12-14-10(4)8-11(15-12)16-9(2)3/h8-9H,5-7H2,1-4H3,(H,13,14,15). The van der Waals surface area contributed by atoms with Crippen LogP contribution in [0.5, 0.6) is 5.88 Å². The van der Waals surface area contributed by atoms with E-state index < -0.39 is 0 Å². The van der Waals surface area contributed by atoms with E-state index in [4.69, 9.17) is 4.74 Å². The highest BCUT2D eigenvalue weighted by atomic mass is 16.5. The third-order valence-electron chi connectivity index (χ3n) is 2.00. The van der Waals surface area contributed by atoms with Crippen LogP contribution in [0.3, 0.4) is 0 Å². The Balaban J connectivity index is 2.65. The molecule has 0 amide bonds. The van der Waals surface area contributed by atoms with Gasteiger partial charge in [0.25, 0.3) is 0 Å². The number of ether oxygens (including phenoxy) is 1. The maximum Gasteiger partial charge on any atom is 0.226 e. The maximum atomic E-state index is 5.55. The minimum absolute atomic E-state index is 0.137. The van der Waals surface area contributed by atoms with Gasteiger partial charge in [-0.3, -0.25) is 0 Å². The number of hydrogen-bond acceptors (Lipinski definition) is 4. The molecule has 0 aromatic carbocycles. The molecule has 0 spiro atoms. The Bertz CT molecular complexity index is 326. The highest BCUT2D eigenvalue weighted by Gasteiger charge is 2.04. The minimum Gasteiger partial charge on any atom is -0.475 e. The second-order valence-corrected chi connectivity index (χ2v) is 4.12. The van der Waals surface area contributed by atoms with E-state index in [-0.39, 0.29) is 6.10 Å². The number of aryl methyl sites for hydroxylation is 1. The van der Waals surface area contributed by atoms with Crippen LogP contribution < -0.4 is 10.1 Å². The Kier molecular flexibility index (Phi) is 5.02.